The summed E-state index contributed by atoms with van der Waals surface area (Å²) in [7, 11) is 0. The standard InChI is InChI=1S/C16H18ClFO/c17-9-16(6-11-3-12(11)7-16)8-14-5-10-4-13(18)1-2-15(10)19-14/h1-2,4,11-12,14H,3,5-9H2. The molecule has 3 heteroatoms. The van der Waals surface area contributed by atoms with E-state index in [2.05, 4.69) is 0 Å². The molecule has 2 fully saturated rings. The molecule has 1 nitrogen and oxygen atoms in total. The molecule has 1 aromatic rings. The van der Waals surface area contributed by atoms with Crippen molar-refractivity contribution in [3.05, 3.63) is 29.6 Å². The maximum atomic E-state index is 13.2. The van der Waals surface area contributed by atoms with Crippen LogP contribution in [0.1, 0.15) is 31.2 Å². The SMILES string of the molecule is Fc1ccc2c(c1)CC(CC1(CCl)CC3CC3C1)O2. The van der Waals surface area contributed by atoms with Gasteiger partial charge in [-0.1, -0.05) is 0 Å². The van der Waals surface area contributed by atoms with Gasteiger partial charge in [-0.25, -0.2) is 4.39 Å². The van der Waals surface area contributed by atoms with Gasteiger partial charge in [-0.2, -0.15) is 0 Å². The Kier molecular flexibility index (Phi) is 2.60. The number of fused-ring (bicyclic) bond motifs is 2. The maximum absolute atomic E-state index is 13.2. The summed E-state index contributed by atoms with van der Waals surface area (Å²) in [6, 6.07) is 4.84. The van der Waals surface area contributed by atoms with Crippen LogP contribution in [0.3, 0.4) is 0 Å². The number of halogens is 2. The van der Waals surface area contributed by atoms with Crippen LogP contribution in [0.15, 0.2) is 18.2 Å². The van der Waals surface area contributed by atoms with Crippen LogP contribution in [0.5, 0.6) is 5.75 Å². The molecule has 0 spiro atoms. The third-order valence-corrected chi connectivity index (χ3v) is 5.73. The van der Waals surface area contributed by atoms with Gasteiger partial charge in [0.15, 0.2) is 0 Å². The summed E-state index contributed by atoms with van der Waals surface area (Å²) >= 11 is 6.25. The lowest BCUT2D eigenvalue weighted by molar-refractivity contribution is 0.142. The molecule has 3 aliphatic rings. The van der Waals surface area contributed by atoms with Crippen molar-refractivity contribution in [1.82, 2.24) is 0 Å². The second-order valence-corrected chi connectivity index (χ2v) is 6.97. The first-order valence-corrected chi connectivity index (χ1v) is 7.72. The minimum absolute atomic E-state index is 0.169. The molecule has 0 aromatic heterocycles. The van der Waals surface area contributed by atoms with Gasteiger partial charge in [0.2, 0.25) is 0 Å². The van der Waals surface area contributed by atoms with Gasteiger partial charge in [0.1, 0.15) is 17.7 Å². The first-order chi connectivity index (χ1) is 9.17. The highest BCUT2D eigenvalue weighted by molar-refractivity contribution is 6.18. The lowest BCUT2D eigenvalue weighted by Crippen LogP contribution is -2.29. The number of hydrogen-bond donors (Lipinski definition) is 0. The van der Waals surface area contributed by atoms with Gasteiger partial charge >= 0.3 is 0 Å². The van der Waals surface area contributed by atoms with Crippen LogP contribution in [0.2, 0.25) is 0 Å². The zero-order valence-corrected chi connectivity index (χ0v) is 11.6. The number of ether oxygens (including phenoxy) is 1. The van der Waals surface area contributed by atoms with Crippen LogP contribution in [-0.4, -0.2) is 12.0 Å². The van der Waals surface area contributed by atoms with Crippen molar-refractivity contribution >= 4 is 11.6 Å². The Morgan fingerprint density at radius 1 is 1.32 bits per heavy atom. The Hall–Kier alpha value is -0.760. The summed E-state index contributed by atoms with van der Waals surface area (Å²) in [5.74, 6) is 3.29. The fourth-order valence-electron chi connectivity index (χ4n) is 4.22. The largest absolute Gasteiger partial charge is 0.490 e. The zero-order chi connectivity index (χ0) is 13.0. The Labute approximate surface area is 118 Å². The van der Waals surface area contributed by atoms with Crippen LogP contribution in [-0.2, 0) is 6.42 Å². The van der Waals surface area contributed by atoms with E-state index in [1.807, 2.05) is 0 Å². The van der Waals surface area contributed by atoms with Crippen molar-refractivity contribution in [3.63, 3.8) is 0 Å². The van der Waals surface area contributed by atoms with Crippen LogP contribution in [0.25, 0.3) is 0 Å². The highest BCUT2D eigenvalue weighted by atomic mass is 35.5. The molecule has 3 unspecified atom stereocenters. The van der Waals surface area contributed by atoms with E-state index in [9.17, 15) is 4.39 Å². The molecule has 0 radical (unpaired) electrons. The molecule has 0 saturated heterocycles. The van der Waals surface area contributed by atoms with E-state index in [1.165, 1.54) is 25.3 Å². The smallest absolute Gasteiger partial charge is 0.123 e. The average Bonchev–Trinajstić information content (AvgIpc) is 2.84. The normalized spacial score (nSPS) is 38.7. The average molecular weight is 281 g/mol. The summed E-state index contributed by atoms with van der Waals surface area (Å²) < 4.78 is 19.2. The van der Waals surface area contributed by atoms with E-state index in [4.69, 9.17) is 16.3 Å². The Morgan fingerprint density at radius 2 is 2.11 bits per heavy atom. The van der Waals surface area contributed by atoms with Crippen molar-refractivity contribution in [2.24, 2.45) is 17.3 Å². The lowest BCUT2D eigenvalue weighted by atomic mass is 9.79. The van der Waals surface area contributed by atoms with Crippen molar-refractivity contribution < 1.29 is 9.13 Å². The highest BCUT2D eigenvalue weighted by Gasteiger charge is 2.54. The molecular formula is C16H18ClFO. The van der Waals surface area contributed by atoms with Gasteiger partial charge in [0.25, 0.3) is 0 Å². The van der Waals surface area contributed by atoms with E-state index in [1.54, 1.807) is 12.1 Å². The summed E-state index contributed by atoms with van der Waals surface area (Å²) in [6.45, 7) is 0. The molecule has 2 aliphatic carbocycles. The predicted octanol–water partition coefficient (Wildman–Crippen LogP) is 4.17. The molecule has 0 N–H and O–H groups in total. The second-order valence-electron chi connectivity index (χ2n) is 6.70. The fourth-order valence-corrected chi connectivity index (χ4v) is 4.55. The first kappa shape index (κ1) is 12.0. The minimum atomic E-state index is -0.169. The van der Waals surface area contributed by atoms with Gasteiger partial charge < -0.3 is 4.74 Å². The molecule has 4 rings (SSSR count). The highest BCUT2D eigenvalue weighted by Crippen LogP contribution is 2.62. The van der Waals surface area contributed by atoms with Gasteiger partial charge in [-0.15, -0.1) is 11.6 Å². The Morgan fingerprint density at radius 3 is 2.84 bits per heavy atom. The molecule has 0 bridgehead atoms. The molecule has 1 heterocycles. The molecule has 2 saturated carbocycles. The lowest BCUT2D eigenvalue weighted by Gasteiger charge is -2.31. The summed E-state index contributed by atoms with van der Waals surface area (Å²) in [5.41, 5.74) is 1.29. The molecule has 1 aliphatic heterocycles. The third-order valence-electron chi connectivity index (χ3n) is 5.17. The number of rotatable bonds is 3. The number of alkyl halides is 1. The quantitative estimate of drug-likeness (QED) is 0.755. The zero-order valence-electron chi connectivity index (χ0n) is 10.9. The predicted molar refractivity (Wildman–Crippen MR) is 73.1 cm³/mol. The van der Waals surface area contributed by atoms with Crippen LogP contribution in [0.4, 0.5) is 4.39 Å². The van der Waals surface area contributed by atoms with Crippen molar-refractivity contribution in [2.75, 3.05) is 5.88 Å². The monoisotopic (exact) mass is 280 g/mol. The second kappa shape index (κ2) is 4.12. The van der Waals surface area contributed by atoms with Gasteiger partial charge in [-0.3, -0.25) is 0 Å². The molecule has 19 heavy (non-hydrogen) atoms. The van der Waals surface area contributed by atoms with Crippen LogP contribution in [0, 0.1) is 23.1 Å². The van der Waals surface area contributed by atoms with E-state index in [0.29, 0.717) is 0 Å². The van der Waals surface area contributed by atoms with E-state index in [0.717, 1.165) is 41.9 Å². The van der Waals surface area contributed by atoms with E-state index in [-0.39, 0.29) is 17.3 Å². The Balaban J connectivity index is 1.47. The first-order valence-electron chi connectivity index (χ1n) is 7.18. The van der Waals surface area contributed by atoms with Crippen molar-refractivity contribution in [1.29, 1.82) is 0 Å². The number of hydrogen-bond acceptors (Lipinski definition) is 1. The van der Waals surface area contributed by atoms with Gasteiger partial charge in [0, 0.05) is 17.9 Å². The minimum Gasteiger partial charge on any atom is -0.490 e. The molecule has 3 atom stereocenters. The van der Waals surface area contributed by atoms with E-state index >= 15 is 0 Å². The van der Waals surface area contributed by atoms with Gasteiger partial charge in [0.05, 0.1) is 0 Å². The third kappa shape index (κ3) is 2.05. The summed E-state index contributed by atoms with van der Waals surface area (Å²) in [4.78, 5) is 0. The van der Waals surface area contributed by atoms with Crippen molar-refractivity contribution in [2.45, 2.75) is 38.2 Å². The molecule has 1 aromatic carbocycles. The summed E-state index contributed by atoms with van der Waals surface area (Å²) in [5, 5.41) is 0. The van der Waals surface area contributed by atoms with Crippen LogP contribution < -0.4 is 4.74 Å². The molecular weight excluding hydrogens is 263 g/mol. The van der Waals surface area contributed by atoms with Gasteiger partial charge in [-0.05, 0) is 61.1 Å². The Bertz CT molecular complexity index is 505. The summed E-state index contributed by atoms with van der Waals surface area (Å²) in [6.07, 6.45) is 6.00. The topological polar surface area (TPSA) is 9.23 Å². The molecule has 102 valence electrons. The number of benzene rings is 1. The maximum Gasteiger partial charge on any atom is 0.123 e. The van der Waals surface area contributed by atoms with Crippen LogP contribution >= 0.6 is 11.6 Å². The fraction of sp³-hybridized carbons (Fsp3) is 0.625. The molecule has 0 amide bonds. The van der Waals surface area contributed by atoms with Crippen molar-refractivity contribution in [3.8, 4) is 5.75 Å². The van der Waals surface area contributed by atoms with E-state index < -0.39 is 0 Å².